The van der Waals surface area contributed by atoms with E-state index in [4.69, 9.17) is 4.74 Å². The zero-order valence-corrected chi connectivity index (χ0v) is 12.9. The molecule has 0 saturated carbocycles. The Balaban J connectivity index is 1.61. The number of imidazole rings is 1. The second kappa shape index (κ2) is 5.94. The van der Waals surface area contributed by atoms with Gasteiger partial charge >= 0.3 is 5.92 Å². The first-order chi connectivity index (χ1) is 12.1. The van der Waals surface area contributed by atoms with Gasteiger partial charge in [-0.15, -0.1) is 0 Å². The van der Waals surface area contributed by atoms with Crippen LogP contribution in [0.1, 0.15) is 11.4 Å². The Bertz CT molecular complexity index is 967. The van der Waals surface area contributed by atoms with Crippen LogP contribution in [-0.2, 0) is 5.92 Å². The van der Waals surface area contributed by atoms with Gasteiger partial charge in [-0.3, -0.25) is 4.98 Å². The van der Waals surface area contributed by atoms with Crippen molar-refractivity contribution in [3.8, 4) is 11.6 Å². The second-order valence-electron chi connectivity index (χ2n) is 5.35. The van der Waals surface area contributed by atoms with Crippen molar-refractivity contribution in [3.05, 3.63) is 78.5 Å². The molecule has 2 heterocycles. The molecule has 0 atom stereocenters. The van der Waals surface area contributed by atoms with Crippen molar-refractivity contribution < 1.29 is 13.5 Å². The molecule has 25 heavy (non-hydrogen) atoms. The molecule has 5 nitrogen and oxygen atoms in total. The lowest BCUT2D eigenvalue weighted by Gasteiger charge is -2.14. The van der Waals surface area contributed by atoms with E-state index in [1.54, 1.807) is 24.3 Å². The zero-order valence-electron chi connectivity index (χ0n) is 12.9. The molecule has 0 aliphatic heterocycles. The average Bonchev–Trinajstić information content (AvgIpc) is 3.08. The highest BCUT2D eigenvalue weighted by Gasteiger charge is 2.37. The van der Waals surface area contributed by atoms with Gasteiger partial charge in [0.25, 0.3) is 0 Å². The number of fused-ring (bicyclic) bond motifs is 1. The molecule has 0 fully saturated rings. The van der Waals surface area contributed by atoms with Crippen molar-refractivity contribution in [2.75, 3.05) is 0 Å². The number of aromatic amines is 1. The molecule has 124 valence electrons. The first-order valence-electron chi connectivity index (χ1n) is 7.50. The van der Waals surface area contributed by atoms with E-state index in [0.29, 0.717) is 22.7 Å². The maximum Gasteiger partial charge on any atom is 0.329 e. The molecule has 4 rings (SSSR count). The van der Waals surface area contributed by atoms with Crippen LogP contribution in [0, 0.1) is 0 Å². The Hall–Kier alpha value is -3.35. The summed E-state index contributed by atoms with van der Waals surface area (Å²) in [6.45, 7) is 0. The highest BCUT2D eigenvalue weighted by atomic mass is 19.3. The van der Waals surface area contributed by atoms with Gasteiger partial charge in [0.05, 0.1) is 17.2 Å². The first kappa shape index (κ1) is 15.2. The third-order valence-corrected chi connectivity index (χ3v) is 3.67. The molecule has 1 N–H and O–H groups in total. The Morgan fingerprint density at radius 3 is 2.48 bits per heavy atom. The van der Waals surface area contributed by atoms with Crippen molar-refractivity contribution in [1.82, 2.24) is 19.9 Å². The fourth-order valence-electron chi connectivity index (χ4n) is 2.43. The minimum atomic E-state index is -3.25. The summed E-state index contributed by atoms with van der Waals surface area (Å²) in [4.78, 5) is 14.5. The average molecular weight is 338 g/mol. The van der Waals surface area contributed by atoms with Gasteiger partial charge in [-0.1, -0.05) is 12.1 Å². The van der Waals surface area contributed by atoms with Crippen molar-refractivity contribution in [2.45, 2.75) is 5.92 Å². The summed E-state index contributed by atoms with van der Waals surface area (Å²) in [7, 11) is 0. The Labute approximate surface area is 141 Å². The number of hydrogen-bond acceptors (Lipinski definition) is 4. The first-order valence-corrected chi connectivity index (χ1v) is 7.50. The van der Waals surface area contributed by atoms with Gasteiger partial charge in [-0.25, -0.2) is 9.97 Å². The molecule has 4 aromatic rings. The Morgan fingerprint density at radius 2 is 1.76 bits per heavy atom. The lowest BCUT2D eigenvalue weighted by atomic mass is 10.1. The standard InChI is InChI=1S/C18H12F2N4O/c19-18(20,17-23-14-3-1-2-4-15(14)24-17)12-5-7-13(8-6-12)25-16-11-21-9-10-22-16/h1-11H,(H,23,24). The van der Waals surface area contributed by atoms with Crippen LogP contribution in [0.25, 0.3) is 11.0 Å². The van der Waals surface area contributed by atoms with E-state index in [0.717, 1.165) is 0 Å². The highest BCUT2D eigenvalue weighted by Crippen LogP contribution is 2.35. The number of benzene rings is 2. The molecule has 2 aromatic heterocycles. The summed E-state index contributed by atoms with van der Waals surface area (Å²) < 4.78 is 34.9. The topological polar surface area (TPSA) is 63.7 Å². The van der Waals surface area contributed by atoms with E-state index < -0.39 is 11.7 Å². The predicted molar refractivity (Wildman–Crippen MR) is 87.6 cm³/mol. The minimum absolute atomic E-state index is 0.182. The molecule has 0 amide bonds. The van der Waals surface area contributed by atoms with Gasteiger partial charge in [0, 0.05) is 18.0 Å². The molecular formula is C18H12F2N4O. The number of para-hydroxylation sites is 2. The van der Waals surface area contributed by atoms with Gasteiger partial charge in [0.2, 0.25) is 5.88 Å². The van der Waals surface area contributed by atoms with Gasteiger partial charge in [-0.05, 0) is 36.4 Å². The summed E-state index contributed by atoms with van der Waals surface area (Å²) in [6.07, 6.45) is 4.44. The van der Waals surface area contributed by atoms with Crippen LogP contribution >= 0.6 is 0 Å². The number of nitrogens with one attached hydrogen (secondary N) is 1. The van der Waals surface area contributed by atoms with Crippen molar-refractivity contribution in [2.24, 2.45) is 0 Å². The second-order valence-corrected chi connectivity index (χ2v) is 5.35. The molecule has 0 radical (unpaired) electrons. The largest absolute Gasteiger partial charge is 0.438 e. The lowest BCUT2D eigenvalue weighted by molar-refractivity contribution is 0.0340. The molecule has 7 heteroatoms. The molecule has 0 aliphatic carbocycles. The number of rotatable bonds is 4. The fraction of sp³-hybridized carbons (Fsp3) is 0.0556. The third kappa shape index (κ3) is 2.91. The monoisotopic (exact) mass is 338 g/mol. The van der Waals surface area contributed by atoms with Crippen LogP contribution in [0.15, 0.2) is 67.1 Å². The summed E-state index contributed by atoms with van der Waals surface area (Å²) >= 11 is 0. The summed E-state index contributed by atoms with van der Waals surface area (Å²) in [5, 5.41) is 0. The Kier molecular flexibility index (Phi) is 3.61. The zero-order chi connectivity index (χ0) is 17.3. The van der Waals surface area contributed by atoms with Gasteiger partial charge in [0.15, 0.2) is 5.82 Å². The van der Waals surface area contributed by atoms with E-state index >= 15 is 0 Å². The van der Waals surface area contributed by atoms with Gasteiger partial charge in [0.1, 0.15) is 5.75 Å². The van der Waals surface area contributed by atoms with Crippen LogP contribution in [-0.4, -0.2) is 19.9 Å². The number of ether oxygens (including phenoxy) is 1. The van der Waals surface area contributed by atoms with Crippen LogP contribution < -0.4 is 4.74 Å². The molecule has 0 unspecified atom stereocenters. The maximum absolute atomic E-state index is 14.7. The van der Waals surface area contributed by atoms with E-state index in [1.165, 1.54) is 42.9 Å². The highest BCUT2D eigenvalue weighted by molar-refractivity contribution is 5.75. The number of aromatic nitrogens is 4. The molecule has 0 saturated heterocycles. The van der Waals surface area contributed by atoms with E-state index in [9.17, 15) is 8.78 Å². The third-order valence-electron chi connectivity index (χ3n) is 3.67. The summed E-state index contributed by atoms with van der Waals surface area (Å²) in [5.41, 5.74) is 0.887. The molecule has 2 aromatic carbocycles. The van der Waals surface area contributed by atoms with Crippen LogP contribution in [0.2, 0.25) is 0 Å². The Morgan fingerprint density at radius 1 is 0.960 bits per heavy atom. The molecule has 0 bridgehead atoms. The number of halogens is 2. The minimum Gasteiger partial charge on any atom is -0.438 e. The number of hydrogen-bond donors (Lipinski definition) is 1. The smallest absolute Gasteiger partial charge is 0.329 e. The van der Waals surface area contributed by atoms with E-state index in [-0.39, 0.29) is 5.56 Å². The van der Waals surface area contributed by atoms with Crippen molar-refractivity contribution in [1.29, 1.82) is 0 Å². The maximum atomic E-state index is 14.7. The molecule has 0 spiro atoms. The quantitative estimate of drug-likeness (QED) is 0.603. The van der Waals surface area contributed by atoms with Crippen molar-refractivity contribution in [3.63, 3.8) is 0 Å². The predicted octanol–water partition coefficient (Wildman–Crippen LogP) is 4.29. The van der Waals surface area contributed by atoms with Gasteiger partial charge in [-0.2, -0.15) is 8.78 Å². The summed E-state index contributed by atoms with van der Waals surface area (Å²) in [5.74, 6) is -2.95. The molecular weight excluding hydrogens is 326 g/mol. The lowest BCUT2D eigenvalue weighted by Crippen LogP contribution is -2.17. The number of nitrogens with zero attached hydrogens (tertiary/aromatic N) is 3. The fourth-order valence-corrected chi connectivity index (χ4v) is 2.43. The van der Waals surface area contributed by atoms with Crippen LogP contribution in [0.5, 0.6) is 11.6 Å². The number of alkyl halides is 2. The van der Waals surface area contributed by atoms with Crippen LogP contribution in [0.3, 0.4) is 0 Å². The van der Waals surface area contributed by atoms with E-state index in [2.05, 4.69) is 19.9 Å². The normalized spacial score (nSPS) is 11.6. The van der Waals surface area contributed by atoms with Crippen LogP contribution in [0.4, 0.5) is 8.78 Å². The molecule has 0 aliphatic rings. The summed E-state index contributed by atoms with van der Waals surface area (Å²) in [6, 6.07) is 12.4. The van der Waals surface area contributed by atoms with Gasteiger partial charge < -0.3 is 9.72 Å². The number of H-pyrrole nitrogens is 1. The van der Waals surface area contributed by atoms with Crippen molar-refractivity contribution >= 4 is 11.0 Å². The SMILES string of the molecule is FC(F)(c1ccc(Oc2cnccn2)cc1)c1nc2ccccc2[nH]1. The van der Waals surface area contributed by atoms with E-state index in [1.807, 2.05) is 0 Å².